The molecular formula is C13H21N3O3. The van der Waals surface area contributed by atoms with E-state index in [0.29, 0.717) is 11.5 Å². The van der Waals surface area contributed by atoms with Crippen LogP contribution in [0, 0.1) is 0 Å². The van der Waals surface area contributed by atoms with Crippen molar-refractivity contribution in [2.45, 2.75) is 13.3 Å². The van der Waals surface area contributed by atoms with Crippen molar-refractivity contribution in [2.24, 2.45) is 0 Å². The van der Waals surface area contributed by atoms with Gasteiger partial charge in [0.25, 0.3) is 5.91 Å². The molecule has 0 aromatic carbocycles. The topological polar surface area (TPSA) is 85.7 Å². The molecule has 0 unspecified atom stereocenters. The molecule has 0 aliphatic rings. The van der Waals surface area contributed by atoms with Gasteiger partial charge >= 0.3 is 0 Å². The van der Waals surface area contributed by atoms with Gasteiger partial charge in [-0.15, -0.1) is 0 Å². The van der Waals surface area contributed by atoms with Crippen molar-refractivity contribution in [3.8, 4) is 0 Å². The quantitative estimate of drug-likeness (QED) is 0.632. The maximum Gasteiger partial charge on any atom is 0.272 e. The van der Waals surface area contributed by atoms with Gasteiger partial charge < -0.3 is 20.4 Å². The van der Waals surface area contributed by atoms with Crippen LogP contribution in [0.1, 0.15) is 23.8 Å². The number of amides is 1. The minimum Gasteiger partial charge on any atom is -0.395 e. The first-order valence-electron chi connectivity index (χ1n) is 6.44. The summed E-state index contributed by atoms with van der Waals surface area (Å²) in [5.74, 6) is 0.365. The number of aliphatic hydroxyl groups excluding tert-OH is 2. The Morgan fingerprint density at radius 1 is 1.32 bits per heavy atom. The smallest absolute Gasteiger partial charge is 0.272 e. The van der Waals surface area contributed by atoms with Crippen molar-refractivity contribution in [1.29, 1.82) is 0 Å². The fourth-order valence-corrected chi connectivity index (χ4v) is 1.62. The molecule has 0 atom stereocenters. The van der Waals surface area contributed by atoms with E-state index in [2.05, 4.69) is 10.3 Å². The van der Waals surface area contributed by atoms with Crippen LogP contribution in [0.4, 0.5) is 5.82 Å². The summed E-state index contributed by atoms with van der Waals surface area (Å²) in [6, 6.07) is 5.18. The highest BCUT2D eigenvalue weighted by Gasteiger charge is 2.16. The molecule has 1 amide bonds. The van der Waals surface area contributed by atoms with Gasteiger partial charge in [-0.1, -0.05) is 13.0 Å². The number of pyridine rings is 1. The molecule has 0 aliphatic heterocycles. The molecule has 1 rings (SSSR count). The van der Waals surface area contributed by atoms with Gasteiger partial charge in [0.2, 0.25) is 0 Å². The van der Waals surface area contributed by atoms with Crippen LogP contribution < -0.4 is 5.32 Å². The van der Waals surface area contributed by atoms with E-state index in [-0.39, 0.29) is 32.2 Å². The molecule has 0 fully saturated rings. The molecule has 6 nitrogen and oxygen atoms in total. The molecule has 0 spiro atoms. The molecule has 19 heavy (non-hydrogen) atoms. The predicted molar refractivity (Wildman–Crippen MR) is 73.1 cm³/mol. The molecule has 0 saturated heterocycles. The molecule has 0 saturated carbocycles. The number of carbonyl (C=O) groups is 1. The lowest BCUT2D eigenvalue weighted by Gasteiger charge is -2.20. The Hall–Kier alpha value is -1.66. The van der Waals surface area contributed by atoms with E-state index >= 15 is 0 Å². The summed E-state index contributed by atoms with van der Waals surface area (Å²) in [7, 11) is 0. The summed E-state index contributed by atoms with van der Waals surface area (Å²) in [6.45, 7) is 2.94. The predicted octanol–water partition coefficient (Wildman–Crippen LogP) is 0.330. The Kier molecular flexibility index (Phi) is 6.84. The monoisotopic (exact) mass is 267 g/mol. The van der Waals surface area contributed by atoms with Crippen molar-refractivity contribution >= 4 is 11.7 Å². The SMILES string of the molecule is CCCNc1cccc(C(=O)N(CCO)CCO)n1. The van der Waals surface area contributed by atoms with Crippen molar-refractivity contribution < 1.29 is 15.0 Å². The van der Waals surface area contributed by atoms with Gasteiger partial charge in [-0.2, -0.15) is 0 Å². The van der Waals surface area contributed by atoms with Gasteiger partial charge in [0.05, 0.1) is 13.2 Å². The summed E-state index contributed by atoms with van der Waals surface area (Å²) < 4.78 is 0. The number of aromatic nitrogens is 1. The molecule has 0 radical (unpaired) electrons. The standard InChI is InChI=1S/C13H21N3O3/c1-2-6-14-12-5-3-4-11(15-12)13(19)16(7-9-17)8-10-18/h3-5,17-18H,2,6-10H2,1H3,(H,14,15). The molecule has 1 aromatic rings. The molecule has 0 bridgehead atoms. The molecular weight excluding hydrogens is 246 g/mol. The Balaban J connectivity index is 2.78. The largest absolute Gasteiger partial charge is 0.395 e. The van der Waals surface area contributed by atoms with Crippen LogP contribution in [0.3, 0.4) is 0 Å². The third-order valence-electron chi connectivity index (χ3n) is 2.55. The van der Waals surface area contributed by atoms with E-state index in [0.717, 1.165) is 13.0 Å². The zero-order chi connectivity index (χ0) is 14.1. The lowest BCUT2D eigenvalue weighted by Crippen LogP contribution is -2.36. The average Bonchev–Trinajstić information content (AvgIpc) is 2.44. The summed E-state index contributed by atoms with van der Waals surface area (Å²) in [6.07, 6.45) is 0.973. The number of rotatable bonds is 8. The number of hydrogen-bond acceptors (Lipinski definition) is 5. The van der Waals surface area contributed by atoms with Crippen LogP contribution in [-0.2, 0) is 0 Å². The average molecular weight is 267 g/mol. The molecule has 6 heteroatoms. The van der Waals surface area contributed by atoms with Crippen LogP contribution >= 0.6 is 0 Å². The molecule has 0 aliphatic carbocycles. The first-order chi connectivity index (χ1) is 9.22. The Morgan fingerprint density at radius 3 is 2.58 bits per heavy atom. The fraction of sp³-hybridized carbons (Fsp3) is 0.538. The normalized spacial score (nSPS) is 10.3. The minimum absolute atomic E-state index is 0.139. The van der Waals surface area contributed by atoms with Crippen LogP contribution in [0.5, 0.6) is 0 Å². The van der Waals surface area contributed by atoms with Gasteiger partial charge in [0.15, 0.2) is 0 Å². The van der Waals surface area contributed by atoms with E-state index in [1.165, 1.54) is 4.90 Å². The minimum atomic E-state index is -0.289. The maximum atomic E-state index is 12.2. The number of hydrogen-bond donors (Lipinski definition) is 3. The number of aliphatic hydroxyl groups is 2. The number of nitrogens with zero attached hydrogens (tertiary/aromatic N) is 2. The first kappa shape index (κ1) is 15.4. The zero-order valence-electron chi connectivity index (χ0n) is 11.2. The molecule has 106 valence electrons. The lowest BCUT2D eigenvalue weighted by molar-refractivity contribution is 0.0679. The highest BCUT2D eigenvalue weighted by atomic mass is 16.3. The van der Waals surface area contributed by atoms with E-state index < -0.39 is 0 Å². The fourth-order valence-electron chi connectivity index (χ4n) is 1.62. The van der Waals surface area contributed by atoms with Crippen molar-refractivity contribution in [3.05, 3.63) is 23.9 Å². The van der Waals surface area contributed by atoms with Crippen molar-refractivity contribution in [2.75, 3.05) is 38.2 Å². The Morgan fingerprint density at radius 2 is 2.00 bits per heavy atom. The molecule has 1 aromatic heterocycles. The second-order valence-electron chi connectivity index (χ2n) is 4.07. The van der Waals surface area contributed by atoms with E-state index in [4.69, 9.17) is 10.2 Å². The summed E-state index contributed by atoms with van der Waals surface area (Å²) in [4.78, 5) is 17.8. The van der Waals surface area contributed by atoms with Crippen LogP contribution in [0.2, 0.25) is 0 Å². The van der Waals surface area contributed by atoms with Gasteiger partial charge in [-0.25, -0.2) is 4.98 Å². The van der Waals surface area contributed by atoms with E-state index in [1.807, 2.05) is 6.92 Å². The summed E-state index contributed by atoms with van der Waals surface area (Å²) >= 11 is 0. The number of carbonyl (C=O) groups excluding carboxylic acids is 1. The maximum absolute atomic E-state index is 12.2. The number of anilines is 1. The Bertz CT molecular complexity index is 392. The highest BCUT2D eigenvalue weighted by Crippen LogP contribution is 2.07. The van der Waals surface area contributed by atoms with Gasteiger partial charge in [0, 0.05) is 19.6 Å². The third-order valence-corrected chi connectivity index (χ3v) is 2.55. The Labute approximate surface area is 113 Å². The second-order valence-corrected chi connectivity index (χ2v) is 4.07. The highest BCUT2D eigenvalue weighted by molar-refractivity contribution is 5.92. The first-order valence-corrected chi connectivity index (χ1v) is 6.44. The molecule has 3 N–H and O–H groups in total. The van der Waals surface area contributed by atoms with E-state index in [9.17, 15) is 4.79 Å². The van der Waals surface area contributed by atoms with Crippen molar-refractivity contribution in [3.63, 3.8) is 0 Å². The summed E-state index contributed by atoms with van der Waals surface area (Å²) in [5, 5.41) is 21.0. The third kappa shape index (κ3) is 4.84. The van der Waals surface area contributed by atoms with Crippen molar-refractivity contribution in [1.82, 2.24) is 9.88 Å². The second kappa shape index (κ2) is 8.44. The van der Waals surface area contributed by atoms with E-state index in [1.54, 1.807) is 18.2 Å². The number of nitrogens with one attached hydrogen (secondary N) is 1. The van der Waals surface area contributed by atoms with Crippen LogP contribution in [-0.4, -0.2) is 58.9 Å². The zero-order valence-corrected chi connectivity index (χ0v) is 11.2. The van der Waals surface area contributed by atoms with Gasteiger partial charge in [-0.3, -0.25) is 4.79 Å². The van der Waals surface area contributed by atoms with Crippen LogP contribution in [0.15, 0.2) is 18.2 Å². The van der Waals surface area contributed by atoms with Gasteiger partial charge in [0.1, 0.15) is 11.5 Å². The van der Waals surface area contributed by atoms with Crippen LogP contribution in [0.25, 0.3) is 0 Å². The lowest BCUT2D eigenvalue weighted by atomic mass is 10.3. The summed E-state index contributed by atoms with van der Waals surface area (Å²) in [5.41, 5.74) is 0.308. The van der Waals surface area contributed by atoms with Gasteiger partial charge in [-0.05, 0) is 18.6 Å². The molecule has 1 heterocycles.